The molecule has 0 radical (unpaired) electrons. The number of hydrazine groups is 1. The average molecular weight is 521 g/mol. The van der Waals surface area contributed by atoms with Gasteiger partial charge in [0.1, 0.15) is 17.7 Å². The number of hydrogen-bond donors (Lipinski definition) is 1. The van der Waals surface area contributed by atoms with Gasteiger partial charge in [-0.15, -0.1) is 5.43 Å². The maximum absolute atomic E-state index is 11.9. The minimum absolute atomic E-state index is 0.197. The van der Waals surface area contributed by atoms with Crippen LogP contribution in [0.25, 0.3) is 0 Å². The summed E-state index contributed by atoms with van der Waals surface area (Å²) < 4.78 is 12.0. The summed E-state index contributed by atoms with van der Waals surface area (Å²) >= 11 is 0. The molecule has 7 nitrogen and oxygen atoms in total. The molecule has 0 heterocycles. The van der Waals surface area contributed by atoms with Gasteiger partial charge in [-0.1, -0.05) is 53.9 Å². The standard InChI is InChI=1S/C30H52N2O5/c1-19(2)9-8-10-20(3)24-11-12-25-23-17-27(31-32(34)35)30(36-7)18-22(37-21(4)33)13-16-29(30,6)26(23)14-15-28(24,25)5/h19-20,22-27,31H,8-18H2,1-7H3/t20?,22-,23-,24+,25-,26-,27+,28+,29+,30-/m0/s1. The molecule has 0 aromatic heterocycles. The maximum atomic E-state index is 11.9. The highest BCUT2D eigenvalue weighted by atomic mass is 16.7. The molecule has 0 saturated heterocycles. The van der Waals surface area contributed by atoms with Crippen LogP contribution in [0.2, 0.25) is 0 Å². The fourth-order valence-corrected chi connectivity index (χ4v) is 10.4. The average Bonchev–Trinajstić information content (AvgIpc) is 3.16. The molecule has 4 rings (SSSR count). The molecule has 0 bridgehead atoms. The van der Waals surface area contributed by atoms with Crippen molar-refractivity contribution in [1.82, 2.24) is 5.43 Å². The van der Waals surface area contributed by atoms with Gasteiger partial charge in [0.15, 0.2) is 5.03 Å². The first-order valence-corrected chi connectivity index (χ1v) is 15.0. The van der Waals surface area contributed by atoms with Crippen molar-refractivity contribution in [2.75, 3.05) is 7.11 Å². The molecule has 0 amide bonds. The molecule has 4 fully saturated rings. The molecule has 4 aliphatic rings. The molecule has 4 saturated carbocycles. The van der Waals surface area contributed by atoms with E-state index in [0.29, 0.717) is 29.6 Å². The number of fused-ring (bicyclic) bond motifs is 5. The van der Waals surface area contributed by atoms with Crippen LogP contribution < -0.4 is 5.43 Å². The molecule has 1 unspecified atom stereocenters. The molecular weight excluding hydrogens is 468 g/mol. The Kier molecular flexibility index (Phi) is 8.25. The highest BCUT2D eigenvalue weighted by molar-refractivity contribution is 5.66. The summed E-state index contributed by atoms with van der Waals surface area (Å²) in [6.07, 6.45) is 11.6. The summed E-state index contributed by atoms with van der Waals surface area (Å²) in [5, 5.41) is 11.5. The summed E-state index contributed by atoms with van der Waals surface area (Å²) in [5.41, 5.74) is 2.12. The Morgan fingerprint density at radius 3 is 2.43 bits per heavy atom. The number of ether oxygens (including phenoxy) is 2. The SMILES string of the molecule is CO[C@]12C[C@@H](OC(C)=O)CC[C@]1(C)[C@H]1CC[C@]3(C)[C@@H](C(C)CCCC(C)C)CC[C@H]3[C@@H]1C[C@H]2N[N+](=O)[O-]. The van der Waals surface area contributed by atoms with Crippen LogP contribution in [0.15, 0.2) is 0 Å². The van der Waals surface area contributed by atoms with Crippen LogP contribution in [0.3, 0.4) is 0 Å². The van der Waals surface area contributed by atoms with Gasteiger partial charge in [-0.05, 0) is 85.9 Å². The summed E-state index contributed by atoms with van der Waals surface area (Å²) in [6.45, 7) is 13.4. The van der Waals surface area contributed by atoms with Gasteiger partial charge >= 0.3 is 5.97 Å². The molecule has 4 aliphatic carbocycles. The minimum atomic E-state index is -0.727. The first-order chi connectivity index (χ1) is 17.4. The molecule has 10 atom stereocenters. The van der Waals surface area contributed by atoms with Crippen molar-refractivity contribution in [1.29, 1.82) is 0 Å². The fourth-order valence-electron chi connectivity index (χ4n) is 10.4. The van der Waals surface area contributed by atoms with Crippen LogP contribution in [-0.4, -0.2) is 35.9 Å². The van der Waals surface area contributed by atoms with Gasteiger partial charge in [0.25, 0.3) is 0 Å². The predicted molar refractivity (Wildman–Crippen MR) is 144 cm³/mol. The van der Waals surface area contributed by atoms with Crippen molar-refractivity contribution in [3.63, 3.8) is 0 Å². The van der Waals surface area contributed by atoms with E-state index < -0.39 is 11.6 Å². The van der Waals surface area contributed by atoms with E-state index in [1.807, 2.05) is 0 Å². The van der Waals surface area contributed by atoms with Gasteiger partial charge in [-0.25, -0.2) is 10.1 Å². The van der Waals surface area contributed by atoms with Crippen LogP contribution >= 0.6 is 0 Å². The molecule has 37 heavy (non-hydrogen) atoms. The van der Waals surface area contributed by atoms with Crippen molar-refractivity contribution in [2.24, 2.45) is 46.3 Å². The van der Waals surface area contributed by atoms with E-state index in [4.69, 9.17) is 9.47 Å². The Balaban J connectivity index is 1.62. The van der Waals surface area contributed by atoms with Gasteiger partial charge in [0.05, 0.1) is 0 Å². The van der Waals surface area contributed by atoms with Gasteiger partial charge in [0, 0.05) is 25.9 Å². The van der Waals surface area contributed by atoms with Gasteiger partial charge in [-0.2, -0.15) is 0 Å². The van der Waals surface area contributed by atoms with E-state index in [9.17, 15) is 14.9 Å². The largest absolute Gasteiger partial charge is 0.462 e. The highest BCUT2D eigenvalue weighted by Crippen LogP contribution is 2.70. The van der Waals surface area contributed by atoms with E-state index in [1.54, 1.807) is 7.11 Å². The summed E-state index contributed by atoms with van der Waals surface area (Å²) in [7, 11) is 1.71. The Morgan fingerprint density at radius 1 is 1.08 bits per heavy atom. The zero-order chi connectivity index (χ0) is 27.2. The van der Waals surface area contributed by atoms with Crippen molar-refractivity contribution in [3.8, 4) is 0 Å². The lowest BCUT2D eigenvalue weighted by molar-refractivity contribution is -0.559. The van der Waals surface area contributed by atoms with Crippen LogP contribution in [0.1, 0.15) is 112 Å². The van der Waals surface area contributed by atoms with Crippen LogP contribution in [0, 0.1) is 56.5 Å². The zero-order valence-corrected chi connectivity index (χ0v) is 24.4. The number of nitrogens with zero attached hydrogens (tertiary/aromatic N) is 1. The normalized spacial score (nSPS) is 43.9. The zero-order valence-electron chi connectivity index (χ0n) is 24.4. The predicted octanol–water partition coefficient (Wildman–Crippen LogP) is 6.57. The van der Waals surface area contributed by atoms with Crippen LogP contribution in [0.4, 0.5) is 0 Å². The summed E-state index contributed by atoms with van der Waals surface area (Å²) in [6, 6.07) is -0.401. The van der Waals surface area contributed by atoms with E-state index in [0.717, 1.165) is 43.4 Å². The first kappa shape index (κ1) is 28.6. The Hall–Kier alpha value is -1.37. The number of rotatable bonds is 9. The Morgan fingerprint density at radius 2 is 1.81 bits per heavy atom. The molecule has 7 heteroatoms. The molecule has 0 spiro atoms. The van der Waals surface area contributed by atoms with Crippen molar-refractivity contribution >= 4 is 5.97 Å². The highest BCUT2D eigenvalue weighted by Gasteiger charge is 2.69. The van der Waals surface area contributed by atoms with Crippen molar-refractivity contribution in [2.45, 2.75) is 130 Å². The van der Waals surface area contributed by atoms with Gasteiger partial charge < -0.3 is 9.47 Å². The van der Waals surface area contributed by atoms with Crippen LogP contribution in [-0.2, 0) is 14.3 Å². The monoisotopic (exact) mass is 520 g/mol. The van der Waals surface area contributed by atoms with E-state index in [-0.39, 0.29) is 22.5 Å². The summed E-state index contributed by atoms with van der Waals surface area (Å²) in [4.78, 5) is 23.6. The number of carbonyl (C=O) groups excluding carboxylic acids is 1. The smallest absolute Gasteiger partial charge is 0.302 e. The quantitative estimate of drug-likeness (QED) is 0.210. The second-order valence-corrected chi connectivity index (χ2v) is 14.1. The fraction of sp³-hybridized carbons (Fsp3) is 0.967. The van der Waals surface area contributed by atoms with Gasteiger partial charge in [0.2, 0.25) is 0 Å². The van der Waals surface area contributed by atoms with E-state index >= 15 is 0 Å². The van der Waals surface area contributed by atoms with E-state index in [1.165, 1.54) is 45.4 Å². The Labute approximate surface area is 224 Å². The minimum Gasteiger partial charge on any atom is -0.462 e. The third kappa shape index (κ3) is 4.91. The van der Waals surface area contributed by atoms with Gasteiger partial charge in [-0.3, -0.25) is 4.79 Å². The number of hydrogen-bond acceptors (Lipinski definition) is 5. The first-order valence-electron chi connectivity index (χ1n) is 15.0. The lowest BCUT2D eigenvalue weighted by atomic mass is 9.42. The second-order valence-electron chi connectivity index (χ2n) is 14.1. The van der Waals surface area contributed by atoms with Crippen molar-refractivity contribution in [3.05, 3.63) is 10.1 Å². The lowest BCUT2D eigenvalue weighted by Gasteiger charge is -2.66. The number of methoxy groups -OCH3 is 1. The number of carbonyl (C=O) groups is 1. The van der Waals surface area contributed by atoms with E-state index in [2.05, 4.69) is 40.0 Å². The molecule has 0 aromatic carbocycles. The molecule has 212 valence electrons. The molecular formula is C30H52N2O5. The molecule has 0 aromatic rings. The second kappa shape index (κ2) is 10.7. The Bertz CT molecular complexity index is 850. The summed E-state index contributed by atoms with van der Waals surface area (Å²) in [5.74, 6) is 3.49. The van der Waals surface area contributed by atoms with Crippen LogP contribution in [0.5, 0.6) is 0 Å². The third-order valence-electron chi connectivity index (χ3n) is 12.0. The number of nitro groups is 1. The third-order valence-corrected chi connectivity index (χ3v) is 12.0. The molecule has 0 aliphatic heterocycles. The topological polar surface area (TPSA) is 90.7 Å². The van der Waals surface area contributed by atoms with Crippen molar-refractivity contribution < 1.29 is 19.3 Å². The molecule has 1 N–H and O–H groups in total. The number of nitrogens with one attached hydrogen (secondary N) is 1. The lowest BCUT2D eigenvalue weighted by Crippen LogP contribution is -2.72. The number of esters is 1. The maximum Gasteiger partial charge on any atom is 0.302 e.